The van der Waals surface area contributed by atoms with E-state index in [1.807, 2.05) is 11.7 Å². The number of hydrogen-bond acceptors (Lipinski definition) is 2. The van der Waals surface area contributed by atoms with Gasteiger partial charge in [-0.1, -0.05) is 19.3 Å². The quantitative estimate of drug-likeness (QED) is 0.739. The monoisotopic (exact) mass is 193 g/mol. The highest BCUT2D eigenvalue weighted by molar-refractivity contribution is 5.25. The van der Waals surface area contributed by atoms with Gasteiger partial charge >= 0.3 is 0 Å². The molecule has 1 heterocycles. The minimum atomic E-state index is -0.101. The van der Waals surface area contributed by atoms with Crippen LogP contribution in [-0.2, 0) is 12.6 Å². The van der Waals surface area contributed by atoms with E-state index in [0.29, 0.717) is 0 Å². The summed E-state index contributed by atoms with van der Waals surface area (Å²) in [4.78, 5) is 0. The van der Waals surface area contributed by atoms with Crippen LogP contribution in [0.1, 0.15) is 43.4 Å². The van der Waals surface area contributed by atoms with Crippen LogP contribution in [0.5, 0.6) is 0 Å². The van der Waals surface area contributed by atoms with Gasteiger partial charge in [0.1, 0.15) is 0 Å². The van der Waals surface area contributed by atoms with E-state index in [4.69, 9.17) is 5.73 Å². The molecule has 1 fully saturated rings. The van der Waals surface area contributed by atoms with Crippen molar-refractivity contribution in [3.63, 3.8) is 0 Å². The number of rotatable bonds is 1. The molecular formula is C11H19N3. The van der Waals surface area contributed by atoms with Gasteiger partial charge in [-0.15, -0.1) is 0 Å². The molecule has 3 heteroatoms. The van der Waals surface area contributed by atoms with E-state index in [-0.39, 0.29) is 5.54 Å². The van der Waals surface area contributed by atoms with Crippen molar-refractivity contribution in [3.05, 3.63) is 17.5 Å². The van der Waals surface area contributed by atoms with Crippen LogP contribution >= 0.6 is 0 Å². The molecule has 14 heavy (non-hydrogen) atoms. The second-order valence-corrected chi connectivity index (χ2v) is 4.52. The first-order valence-electron chi connectivity index (χ1n) is 5.41. The summed E-state index contributed by atoms with van der Waals surface area (Å²) in [6.45, 7) is 2.05. The maximum atomic E-state index is 6.44. The van der Waals surface area contributed by atoms with Gasteiger partial charge in [-0.25, -0.2) is 0 Å². The maximum absolute atomic E-state index is 6.44. The molecule has 0 bridgehead atoms. The summed E-state index contributed by atoms with van der Waals surface area (Å²) in [5, 5.41) is 4.37. The predicted molar refractivity (Wildman–Crippen MR) is 56.9 cm³/mol. The molecule has 0 radical (unpaired) electrons. The highest BCUT2D eigenvalue weighted by Crippen LogP contribution is 2.35. The number of aromatic nitrogens is 2. The topological polar surface area (TPSA) is 43.8 Å². The van der Waals surface area contributed by atoms with Gasteiger partial charge in [0.2, 0.25) is 0 Å². The average molecular weight is 193 g/mol. The second kappa shape index (κ2) is 3.39. The van der Waals surface area contributed by atoms with Gasteiger partial charge in [-0.05, 0) is 19.8 Å². The first-order chi connectivity index (χ1) is 6.62. The van der Waals surface area contributed by atoms with Crippen molar-refractivity contribution < 1.29 is 0 Å². The number of nitrogens with two attached hydrogens (primary N) is 1. The van der Waals surface area contributed by atoms with E-state index in [0.717, 1.165) is 18.5 Å². The van der Waals surface area contributed by atoms with Crippen LogP contribution < -0.4 is 5.73 Å². The summed E-state index contributed by atoms with van der Waals surface area (Å²) in [7, 11) is 1.96. The number of aryl methyl sites for hydroxylation is 2. The lowest BCUT2D eigenvalue weighted by molar-refractivity contribution is 0.301. The Bertz CT molecular complexity index is 321. The smallest absolute Gasteiger partial charge is 0.0644 e. The standard InChI is InChI=1S/C11H19N3/c1-9-10(8-14(2)13-9)11(12)6-4-3-5-7-11/h8H,3-7,12H2,1-2H3. The van der Waals surface area contributed by atoms with E-state index < -0.39 is 0 Å². The van der Waals surface area contributed by atoms with Crippen LogP contribution in [0.3, 0.4) is 0 Å². The molecule has 2 rings (SSSR count). The van der Waals surface area contributed by atoms with Crippen molar-refractivity contribution in [2.75, 3.05) is 0 Å². The molecular weight excluding hydrogens is 174 g/mol. The molecule has 0 aliphatic heterocycles. The van der Waals surface area contributed by atoms with Crippen molar-refractivity contribution in [3.8, 4) is 0 Å². The van der Waals surface area contributed by atoms with Crippen molar-refractivity contribution >= 4 is 0 Å². The largest absolute Gasteiger partial charge is 0.321 e. The van der Waals surface area contributed by atoms with E-state index in [9.17, 15) is 0 Å². The first kappa shape index (κ1) is 9.71. The number of nitrogens with zero attached hydrogens (tertiary/aromatic N) is 2. The minimum absolute atomic E-state index is 0.101. The van der Waals surface area contributed by atoms with Crippen molar-refractivity contribution in [2.45, 2.75) is 44.6 Å². The fourth-order valence-electron chi connectivity index (χ4n) is 2.54. The highest BCUT2D eigenvalue weighted by Gasteiger charge is 2.31. The summed E-state index contributed by atoms with van der Waals surface area (Å²) < 4.78 is 1.87. The van der Waals surface area contributed by atoms with Gasteiger partial charge in [-0.2, -0.15) is 5.10 Å². The molecule has 1 aromatic rings. The van der Waals surface area contributed by atoms with Crippen molar-refractivity contribution in [1.29, 1.82) is 0 Å². The Hall–Kier alpha value is -0.830. The minimum Gasteiger partial charge on any atom is -0.321 e. The molecule has 0 atom stereocenters. The third kappa shape index (κ3) is 1.57. The fourth-order valence-corrected chi connectivity index (χ4v) is 2.54. The first-order valence-corrected chi connectivity index (χ1v) is 5.41. The Morgan fingerprint density at radius 2 is 2.00 bits per heavy atom. The van der Waals surface area contributed by atoms with Gasteiger partial charge in [0.25, 0.3) is 0 Å². The lowest BCUT2D eigenvalue weighted by atomic mass is 9.78. The maximum Gasteiger partial charge on any atom is 0.0644 e. The van der Waals surface area contributed by atoms with Crippen LogP contribution in [0, 0.1) is 6.92 Å². The van der Waals surface area contributed by atoms with Crippen molar-refractivity contribution in [1.82, 2.24) is 9.78 Å². The molecule has 1 aliphatic carbocycles. The van der Waals surface area contributed by atoms with Crippen LogP contribution in [0.25, 0.3) is 0 Å². The lowest BCUT2D eigenvalue weighted by Gasteiger charge is -2.33. The Balaban J connectivity index is 2.32. The van der Waals surface area contributed by atoms with E-state index in [2.05, 4.69) is 18.2 Å². The molecule has 78 valence electrons. The molecule has 0 amide bonds. The van der Waals surface area contributed by atoms with Crippen LogP contribution in [-0.4, -0.2) is 9.78 Å². The SMILES string of the molecule is Cc1nn(C)cc1C1(N)CCCCC1. The van der Waals surface area contributed by atoms with Crippen molar-refractivity contribution in [2.24, 2.45) is 12.8 Å². The summed E-state index contributed by atoms with van der Waals surface area (Å²) >= 11 is 0. The molecule has 1 aliphatic rings. The van der Waals surface area contributed by atoms with Gasteiger partial charge in [0.05, 0.1) is 5.69 Å². The molecule has 3 nitrogen and oxygen atoms in total. The van der Waals surface area contributed by atoms with Gasteiger partial charge in [0, 0.05) is 24.3 Å². The van der Waals surface area contributed by atoms with E-state index in [1.54, 1.807) is 0 Å². The Labute approximate surface area is 85.3 Å². The van der Waals surface area contributed by atoms with Gasteiger partial charge in [0.15, 0.2) is 0 Å². The van der Waals surface area contributed by atoms with E-state index in [1.165, 1.54) is 24.8 Å². The van der Waals surface area contributed by atoms with Crippen LogP contribution in [0.2, 0.25) is 0 Å². The summed E-state index contributed by atoms with van der Waals surface area (Å²) in [5.74, 6) is 0. The zero-order valence-electron chi connectivity index (χ0n) is 9.08. The summed E-state index contributed by atoms with van der Waals surface area (Å²) in [5.41, 5.74) is 8.68. The van der Waals surface area contributed by atoms with Crippen LogP contribution in [0.15, 0.2) is 6.20 Å². The molecule has 0 spiro atoms. The summed E-state index contributed by atoms with van der Waals surface area (Å²) in [6.07, 6.45) is 8.15. The van der Waals surface area contributed by atoms with Crippen LogP contribution in [0.4, 0.5) is 0 Å². The zero-order chi connectivity index (χ0) is 10.2. The third-order valence-electron chi connectivity index (χ3n) is 3.30. The fraction of sp³-hybridized carbons (Fsp3) is 0.727. The number of hydrogen-bond donors (Lipinski definition) is 1. The molecule has 1 aromatic heterocycles. The van der Waals surface area contributed by atoms with Gasteiger partial charge < -0.3 is 5.73 Å². The average Bonchev–Trinajstić information content (AvgIpc) is 2.47. The zero-order valence-corrected chi connectivity index (χ0v) is 9.08. The molecule has 0 unspecified atom stereocenters. The Morgan fingerprint density at radius 3 is 2.50 bits per heavy atom. The van der Waals surface area contributed by atoms with Gasteiger partial charge in [-0.3, -0.25) is 4.68 Å². The Kier molecular flexibility index (Phi) is 2.35. The van der Waals surface area contributed by atoms with E-state index >= 15 is 0 Å². The predicted octanol–water partition coefficient (Wildman–Crippen LogP) is 1.85. The second-order valence-electron chi connectivity index (χ2n) is 4.52. The molecule has 0 saturated heterocycles. The molecule has 2 N–H and O–H groups in total. The molecule has 0 aromatic carbocycles. The molecule has 1 saturated carbocycles. The summed E-state index contributed by atoms with van der Waals surface area (Å²) in [6, 6.07) is 0. The highest BCUT2D eigenvalue weighted by atomic mass is 15.3. The third-order valence-corrected chi connectivity index (χ3v) is 3.30. The lowest BCUT2D eigenvalue weighted by Crippen LogP contribution is -2.38. The Morgan fingerprint density at radius 1 is 1.36 bits per heavy atom. The normalized spacial score (nSPS) is 21.1.